The summed E-state index contributed by atoms with van der Waals surface area (Å²) in [7, 11) is 0. The molecule has 0 saturated carbocycles. The van der Waals surface area contributed by atoms with Gasteiger partial charge in [0.05, 0.1) is 6.61 Å². The summed E-state index contributed by atoms with van der Waals surface area (Å²) in [6.07, 6.45) is 2.01. The molecule has 0 aliphatic carbocycles. The molecule has 0 aliphatic heterocycles. The number of hydrogen-bond donors (Lipinski definition) is 1. The first kappa shape index (κ1) is 9.44. The standard InChI is InChI=1S/C9H16O/c1-7(2)5-9(6-10)8(3)4/h5,10H,6H2,1-4H3. The van der Waals surface area contributed by atoms with Gasteiger partial charge < -0.3 is 5.11 Å². The normalized spacial score (nSPS) is 8.90. The highest BCUT2D eigenvalue weighted by Gasteiger charge is 1.91. The number of allylic oxidation sites excluding steroid dienone is 2. The molecule has 0 aliphatic rings. The van der Waals surface area contributed by atoms with E-state index < -0.39 is 0 Å². The molecular weight excluding hydrogens is 124 g/mol. The smallest absolute Gasteiger partial charge is 0.0681 e. The van der Waals surface area contributed by atoms with Gasteiger partial charge in [-0.3, -0.25) is 0 Å². The van der Waals surface area contributed by atoms with E-state index in [0.717, 1.165) is 5.57 Å². The van der Waals surface area contributed by atoms with Gasteiger partial charge in [0.25, 0.3) is 0 Å². The lowest BCUT2D eigenvalue weighted by molar-refractivity contribution is 0.333. The average Bonchev–Trinajstić information content (AvgIpc) is 1.81. The molecule has 0 rings (SSSR count). The second-order valence-electron chi connectivity index (χ2n) is 2.91. The van der Waals surface area contributed by atoms with Gasteiger partial charge in [0.1, 0.15) is 0 Å². The van der Waals surface area contributed by atoms with Gasteiger partial charge in [-0.15, -0.1) is 0 Å². The van der Waals surface area contributed by atoms with Gasteiger partial charge >= 0.3 is 0 Å². The molecule has 0 spiro atoms. The Labute approximate surface area is 63.1 Å². The Morgan fingerprint density at radius 1 is 1.20 bits per heavy atom. The van der Waals surface area contributed by atoms with Crippen molar-refractivity contribution in [3.63, 3.8) is 0 Å². The highest BCUT2D eigenvalue weighted by molar-refractivity contribution is 5.26. The summed E-state index contributed by atoms with van der Waals surface area (Å²) in [6, 6.07) is 0. The first-order valence-electron chi connectivity index (χ1n) is 3.50. The van der Waals surface area contributed by atoms with Crippen LogP contribution in [0.15, 0.2) is 22.8 Å². The maximum Gasteiger partial charge on any atom is 0.0681 e. The summed E-state index contributed by atoms with van der Waals surface area (Å²) >= 11 is 0. The van der Waals surface area contributed by atoms with E-state index in [0.29, 0.717) is 0 Å². The molecule has 0 fully saturated rings. The minimum atomic E-state index is 0.146. The van der Waals surface area contributed by atoms with E-state index in [-0.39, 0.29) is 6.61 Å². The predicted molar refractivity (Wildman–Crippen MR) is 44.9 cm³/mol. The maximum absolute atomic E-state index is 8.84. The molecule has 0 atom stereocenters. The topological polar surface area (TPSA) is 20.2 Å². The fourth-order valence-electron chi connectivity index (χ4n) is 0.697. The van der Waals surface area contributed by atoms with Crippen LogP contribution in [0.4, 0.5) is 0 Å². The number of aliphatic hydroxyl groups is 1. The van der Waals surface area contributed by atoms with Crippen molar-refractivity contribution in [1.82, 2.24) is 0 Å². The second kappa shape index (κ2) is 4.29. The van der Waals surface area contributed by atoms with Crippen LogP contribution in [0.25, 0.3) is 0 Å². The Morgan fingerprint density at radius 2 is 1.70 bits per heavy atom. The van der Waals surface area contributed by atoms with Gasteiger partial charge in [0.15, 0.2) is 0 Å². The van der Waals surface area contributed by atoms with Crippen molar-refractivity contribution >= 4 is 0 Å². The summed E-state index contributed by atoms with van der Waals surface area (Å²) in [5.41, 5.74) is 3.44. The van der Waals surface area contributed by atoms with Gasteiger partial charge in [-0.2, -0.15) is 0 Å². The summed E-state index contributed by atoms with van der Waals surface area (Å²) < 4.78 is 0. The van der Waals surface area contributed by atoms with Crippen molar-refractivity contribution in [2.45, 2.75) is 27.7 Å². The van der Waals surface area contributed by atoms with E-state index >= 15 is 0 Å². The Balaban J connectivity index is 4.40. The molecule has 0 saturated heterocycles. The monoisotopic (exact) mass is 140 g/mol. The van der Waals surface area contributed by atoms with E-state index in [1.54, 1.807) is 0 Å². The fraction of sp³-hybridized carbons (Fsp3) is 0.556. The number of aliphatic hydroxyl groups excluding tert-OH is 1. The minimum Gasteiger partial charge on any atom is -0.392 e. The van der Waals surface area contributed by atoms with Crippen LogP contribution in [0, 0.1) is 0 Å². The quantitative estimate of drug-likeness (QED) is 0.583. The SMILES string of the molecule is CC(C)=CC(CO)=C(C)C. The van der Waals surface area contributed by atoms with Crippen LogP contribution < -0.4 is 0 Å². The van der Waals surface area contributed by atoms with E-state index in [1.807, 2.05) is 33.8 Å². The summed E-state index contributed by atoms with van der Waals surface area (Å²) in [5.74, 6) is 0. The van der Waals surface area contributed by atoms with Crippen molar-refractivity contribution < 1.29 is 5.11 Å². The molecule has 0 radical (unpaired) electrons. The number of rotatable bonds is 2. The van der Waals surface area contributed by atoms with Crippen LogP contribution >= 0.6 is 0 Å². The molecule has 1 heteroatoms. The first-order valence-corrected chi connectivity index (χ1v) is 3.50. The molecule has 10 heavy (non-hydrogen) atoms. The summed E-state index contributed by atoms with van der Waals surface area (Å²) in [6.45, 7) is 8.21. The zero-order valence-electron chi connectivity index (χ0n) is 7.23. The van der Waals surface area contributed by atoms with E-state index in [4.69, 9.17) is 5.11 Å². The molecule has 0 heterocycles. The van der Waals surface area contributed by atoms with E-state index in [2.05, 4.69) is 0 Å². The van der Waals surface area contributed by atoms with Crippen molar-refractivity contribution in [2.24, 2.45) is 0 Å². The Morgan fingerprint density at radius 3 is 1.80 bits per heavy atom. The van der Waals surface area contributed by atoms with Crippen molar-refractivity contribution in [3.05, 3.63) is 22.8 Å². The maximum atomic E-state index is 8.84. The van der Waals surface area contributed by atoms with E-state index in [1.165, 1.54) is 11.1 Å². The largest absolute Gasteiger partial charge is 0.392 e. The average molecular weight is 140 g/mol. The predicted octanol–water partition coefficient (Wildman–Crippen LogP) is 2.28. The highest BCUT2D eigenvalue weighted by Crippen LogP contribution is 2.06. The van der Waals surface area contributed by atoms with Crippen LogP contribution in [-0.2, 0) is 0 Å². The lowest BCUT2D eigenvalue weighted by Gasteiger charge is -2.00. The van der Waals surface area contributed by atoms with Crippen LogP contribution in [0.2, 0.25) is 0 Å². The van der Waals surface area contributed by atoms with Crippen LogP contribution in [0.1, 0.15) is 27.7 Å². The molecule has 1 N–H and O–H groups in total. The first-order chi connectivity index (χ1) is 4.57. The Kier molecular flexibility index (Phi) is 4.05. The van der Waals surface area contributed by atoms with Crippen LogP contribution in [0.3, 0.4) is 0 Å². The summed E-state index contributed by atoms with van der Waals surface area (Å²) in [4.78, 5) is 0. The van der Waals surface area contributed by atoms with Crippen molar-refractivity contribution in [3.8, 4) is 0 Å². The Bertz CT molecular complexity index is 156. The van der Waals surface area contributed by atoms with Gasteiger partial charge in [0.2, 0.25) is 0 Å². The third kappa shape index (κ3) is 3.46. The van der Waals surface area contributed by atoms with Gasteiger partial charge in [-0.25, -0.2) is 0 Å². The van der Waals surface area contributed by atoms with Gasteiger partial charge in [0, 0.05) is 0 Å². The number of hydrogen-bond acceptors (Lipinski definition) is 1. The molecule has 0 bridgehead atoms. The third-order valence-electron chi connectivity index (χ3n) is 1.28. The second-order valence-corrected chi connectivity index (χ2v) is 2.91. The molecule has 0 aromatic carbocycles. The van der Waals surface area contributed by atoms with Crippen molar-refractivity contribution in [1.29, 1.82) is 0 Å². The molecule has 1 nitrogen and oxygen atoms in total. The lowest BCUT2D eigenvalue weighted by atomic mass is 10.1. The summed E-state index contributed by atoms with van der Waals surface area (Å²) in [5, 5.41) is 8.84. The van der Waals surface area contributed by atoms with Crippen LogP contribution in [-0.4, -0.2) is 11.7 Å². The van der Waals surface area contributed by atoms with E-state index in [9.17, 15) is 0 Å². The minimum absolute atomic E-state index is 0.146. The zero-order chi connectivity index (χ0) is 8.15. The highest BCUT2D eigenvalue weighted by atomic mass is 16.3. The zero-order valence-corrected chi connectivity index (χ0v) is 7.23. The van der Waals surface area contributed by atoms with Gasteiger partial charge in [-0.05, 0) is 33.3 Å². The lowest BCUT2D eigenvalue weighted by Crippen LogP contribution is -1.89. The Hall–Kier alpha value is -0.560. The molecule has 58 valence electrons. The molecule has 0 amide bonds. The third-order valence-corrected chi connectivity index (χ3v) is 1.28. The fourth-order valence-corrected chi connectivity index (χ4v) is 0.697. The molecule has 0 aromatic heterocycles. The van der Waals surface area contributed by atoms with Gasteiger partial charge in [-0.1, -0.05) is 17.2 Å². The molecular formula is C9H16O. The molecule has 0 aromatic rings. The van der Waals surface area contributed by atoms with Crippen LogP contribution in [0.5, 0.6) is 0 Å². The van der Waals surface area contributed by atoms with Crippen molar-refractivity contribution in [2.75, 3.05) is 6.61 Å². The molecule has 0 unspecified atom stereocenters.